The number of rotatable bonds is 6. The van der Waals surface area contributed by atoms with Crippen molar-refractivity contribution in [2.45, 2.75) is 32.0 Å². The number of nitrogens with one attached hydrogen (secondary N) is 1. The van der Waals surface area contributed by atoms with E-state index < -0.39 is 0 Å². The molecule has 134 valence electrons. The van der Waals surface area contributed by atoms with Gasteiger partial charge in [-0.1, -0.05) is 35.5 Å². The topological polar surface area (TPSA) is 81.9 Å². The minimum atomic E-state index is -0.240. The Morgan fingerprint density at radius 2 is 2.23 bits per heavy atom. The highest BCUT2D eigenvalue weighted by Crippen LogP contribution is 2.25. The van der Waals surface area contributed by atoms with Crippen molar-refractivity contribution in [3.8, 4) is 11.3 Å². The third kappa shape index (κ3) is 3.81. The molecular weight excluding hydrogens is 350 g/mol. The predicted octanol–water partition coefficient (Wildman–Crippen LogP) is 2.51. The van der Waals surface area contributed by atoms with Gasteiger partial charge in [-0.3, -0.25) is 4.79 Å². The molecule has 1 amide bonds. The molecule has 8 heteroatoms. The first-order valence-corrected chi connectivity index (χ1v) is 9.45. The number of hydrogen-bond donors (Lipinski definition) is 1. The fourth-order valence-electron chi connectivity index (χ4n) is 2.97. The number of aromatic nitrogens is 4. The fourth-order valence-corrected chi connectivity index (χ4v) is 3.69. The summed E-state index contributed by atoms with van der Waals surface area (Å²) in [5.74, 6) is -0.240. The highest BCUT2D eigenvalue weighted by atomic mass is 32.1. The van der Waals surface area contributed by atoms with Gasteiger partial charge in [0.15, 0.2) is 5.69 Å². The van der Waals surface area contributed by atoms with E-state index in [-0.39, 0.29) is 12.0 Å². The number of carbonyl (C=O) groups is 1. The van der Waals surface area contributed by atoms with E-state index in [1.165, 1.54) is 11.3 Å². The fraction of sp³-hybridized carbons (Fsp3) is 0.333. The number of thiazole rings is 1. The third-order valence-corrected chi connectivity index (χ3v) is 5.12. The molecule has 1 saturated heterocycles. The summed E-state index contributed by atoms with van der Waals surface area (Å²) in [5.41, 5.74) is 4.05. The van der Waals surface area contributed by atoms with Crippen LogP contribution in [0.2, 0.25) is 0 Å². The van der Waals surface area contributed by atoms with Crippen molar-refractivity contribution < 1.29 is 9.53 Å². The van der Waals surface area contributed by atoms with Gasteiger partial charge in [-0.05, 0) is 12.8 Å². The zero-order chi connectivity index (χ0) is 17.8. The number of amides is 1. The van der Waals surface area contributed by atoms with Gasteiger partial charge < -0.3 is 10.1 Å². The van der Waals surface area contributed by atoms with Crippen molar-refractivity contribution >= 4 is 17.2 Å². The van der Waals surface area contributed by atoms with E-state index in [4.69, 9.17) is 4.74 Å². The van der Waals surface area contributed by atoms with Crippen molar-refractivity contribution in [1.82, 2.24) is 25.3 Å². The Hall–Kier alpha value is -2.58. The van der Waals surface area contributed by atoms with Crippen molar-refractivity contribution in [3.63, 3.8) is 0 Å². The van der Waals surface area contributed by atoms with Crippen LogP contribution in [-0.4, -0.2) is 38.6 Å². The van der Waals surface area contributed by atoms with Gasteiger partial charge in [0.2, 0.25) is 0 Å². The van der Waals surface area contributed by atoms with Crippen molar-refractivity contribution in [2.24, 2.45) is 0 Å². The maximum Gasteiger partial charge on any atom is 0.273 e. The van der Waals surface area contributed by atoms with E-state index in [1.807, 2.05) is 30.3 Å². The Kier molecular flexibility index (Phi) is 5.03. The van der Waals surface area contributed by atoms with Gasteiger partial charge in [-0.2, -0.15) is 0 Å². The molecule has 1 fully saturated rings. The minimum absolute atomic E-state index is 0.165. The first kappa shape index (κ1) is 16.9. The molecule has 3 heterocycles. The lowest BCUT2D eigenvalue weighted by atomic mass is 10.1. The first-order chi connectivity index (χ1) is 12.8. The van der Waals surface area contributed by atoms with Crippen LogP contribution in [0.5, 0.6) is 0 Å². The Morgan fingerprint density at radius 3 is 3.04 bits per heavy atom. The molecule has 1 aromatic carbocycles. The summed E-state index contributed by atoms with van der Waals surface area (Å²) >= 11 is 1.52. The normalized spacial score (nSPS) is 16.7. The van der Waals surface area contributed by atoms with Crippen LogP contribution in [0.1, 0.15) is 28.2 Å². The predicted molar refractivity (Wildman–Crippen MR) is 97.7 cm³/mol. The highest BCUT2D eigenvalue weighted by molar-refractivity contribution is 7.10. The summed E-state index contributed by atoms with van der Waals surface area (Å²) in [6.07, 6.45) is 3.93. The van der Waals surface area contributed by atoms with Crippen LogP contribution in [0.15, 0.2) is 42.0 Å². The molecule has 1 atom stereocenters. The maximum absolute atomic E-state index is 12.4. The third-order valence-electron chi connectivity index (χ3n) is 4.28. The molecule has 0 saturated carbocycles. The Bertz CT molecular complexity index is 871. The van der Waals surface area contributed by atoms with Crippen LogP contribution in [-0.2, 0) is 17.8 Å². The highest BCUT2D eigenvalue weighted by Gasteiger charge is 2.18. The molecule has 0 aliphatic carbocycles. The van der Waals surface area contributed by atoms with E-state index in [0.29, 0.717) is 18.8 Å². The monoisotopic (exact) mass is 369 g/mol. The van der Waals surface area contributed by atoms with Gasteiger partial charge in [0, 0.05) is 12.2 Å². The van der Waals surface area contributed by atoms with E-state index >= 15 is 0 Å². The summed E-state index contributed by atoms with van der Waals surface area (Å²) in [6.45, 7) is 1.84. The lowest BCUT2D eigenvalue weighted by Crippen LogP contribution is -2.23. The molecule has 4 rings (SSSR count). The zero-order valence-electron chi connectivity index (χ0n) is 14.2. The molecule has 2 aromatic heterocycles. The molecule has 1 aliphatic heterocycles. The maximum atomic E-state index is 12.4. The SMILES string of the molecule is O=C(NCc1scnc1-c1ccccc1)c1cn(C[C@@H]2CCCO2)nn1. The van der Waals surface area contributed by atoms with Crippen molar-refractivity contribution in [3.05, 3.63) is 52.6 Å². The summed E-state index contributed by atoms with van der Waals surface area (Å²) in [6, 6.07) is 9.94. The Balaban J connectivity index is 1.37. The van der Waals surface area contributed by atoms with Crippen LogP contribution in [0.25, 0.3) is 11.3 Å². The van der Waals surface area contributed by atoms with Crippen LogP contribution in [0, 0.1) is 0 Å². The van der Waals surface area contributed by atoms with Crippen molar-refractivity contribution in [2.75, 3.05) is 6.61 Å². The standard InChI is InChI=1S/C18H19N5O2S/c24-18(15-11-23(22-21-15)10-14-7-4-8-25-14)19-9-16-17(20-12-26-16)13-5-2-1-3-6-13/h1-3,5-6,11-12,14H,4,7-10H2,(H,19,24)/t14-/m0/s1. The van der Waals surface area contributed by atoms with Gasteiger partial charge in [0.05, 0.1) is 41.5 Å². The molecule has 3 aromatic rings. The second-order valence-electron chi connectivity index (χ2n) is 6.13. The molecule has 0 spiro atoms. The lowest BCUT2D eigenvalue weighted by Gasteiger charge is -2.07. The molecule has 0 radical (unpaired) electrons. The molecule has 1 aliphatic rings. The van der Waals surface area contributed by atoms with Crippen molar-refractivity contribution in [1.29, 1.82) is 0 Å². The van der Waals surface area contributed by atoms with Crippen LogP contribution in [0.3, 0.4) is 0 Å². The summed E-state index contributed by atoms with van der Waals surface area (Å²) in [5, 5.41) is 10.9. The average molecular weight is 369 g/mol. The second-order valence-corrected chi connectivity index (χ2v) is 7.07. The van der Waals surface area contributed by atoms with Gasteiger partial charge in [-0.15, -0.1) is 16.4 Å². The van der Waals surface area contributed by atoms with Crippen LogP contribution >= 0.6 is 11.3 Å². The number of ether oxygens (including phenoxy) is 1. The van der Waals surface area contributed by atoms with E-state index in [9.17, 15) is 4.79 Å². The smallest absolute Gasteiger partial charge is 0.273 e. The summed E-state index contributed by atoms with van der Waals surface area (Å²) in [4.78, 5) is 17.8. The van der Waals surface area contributed by atoms with Gasteiger partial charge in [-0.25, -0.2) is 9.67 Å². The molecule has 1 N–H and O–H groups in total. The molecule has 0 unspecified atom stereocenters. The Morgan fingerprint density at radius 1 is 1.35 bits per heavy atom. The number of hydrogen-bond acceptors (Lipinski definition) is 6. The second kappa shape index (κ2) is 7.76. The quantitative estimate of drug-likeness (QED) is 0.722. The van der Waals surface area contributed by atoms with Crippen LogP contribution < -0.4 is 5.32 Å². The number of benzene rings is 1. The van der Waals surface area contributed by atoms with Crippen LogP contribution in [0.4, 0.5) is 0 Å². The minimum Gasteiger partial charge on any atom is -0.376 e. The van der Waals surface area contributed by atoms with E-state index in [2.05, 4.69) is 20.6 Å². The number of carbonyl (C=O) groups excluding carboxylic acids is 1. The Labute approximate surface area is 155 Å². The number of nitrogens with zero attached hydrogens (tertiary/aromatic N) is 4. The summed E-state index contributed by atoms with van der Waals surface area (Å²) in [7, 11) is 0. The summed E-state index contributed by atoms with van der Waals surface area (Å²) < 4.78 is 7.26. The molecular formula is C18H19N5O2S. The average Bonchev–Trinajstić information content (AvgIpc) is 3.43. The largest absolute Gasteiger partial charge is 0.376 e. The van der Waals surface area contributed by atoms with Gasteiger partial charge >= 0.3 is 0 Å². The zero-order valence-corrected chi connectivity index (χ0v) is 15.0. The molecule has 0 bridgehead atoms. The molecule has 26 heavy (non-hydrogen) atoms. The molecule has 7 nitrogen and oxygen atoms in total. The van der Waals surface area contributed by atoms with E-state index in [0.717, 1.165) is 35.6 Å². The van der Waals surface area contributed by atoms with Gasteiger partial charge in [0.1, 0.15) is 0 Å². The first-order valence-electron chi connectivity index (χ1n) is 8.57. The van der Waals surface area contributed by atoms with Gasteiger partial charge in [0.25, 0.3) is 5.91 Å². The van der Waals surface area contributed by atoms with E-state index in [1.54, 1.807) is 16.4 Å². The lowest BCUT2D eigenvalue weighted by molar-refractivity contribution is 0.0929.